The topological polar surface area (TPSA) is 20.3 Å². The zero-order valence-corrected chi connectivity index (χ0v) is 11.1. The summed E-state index contributed by atoms with van der Waals surface area (Å²) in [5.41, 5.74) is 1.62. The molecule has 0 N–H and O–H groups in total. The van der Waals surface area contributed by atoms with Gasteiger partial charge in [-0.05, 0) is 39.3 Å². The maximum Gasteiger partial charge on any atom is 0.254 e. The highest BCUT2D eigenvalue weighted by Gasteiger charge is 2.22. The van der Waals surface area contributed by atoms with E-state index in [1.807, 2.05) is 56.9 Å². The Balaban J connectivity index is 3.14. The third-order valence-electron chi connectivity index (χ3n) is 2.76. The molecule has 17 heavy (non-hydrogen) atoms. The van der Waals surface area contributed by atoms with Crippen molar-refractivity contribution in [1.29, 1.82) is 0 Å². The molecule has 0 bridgehead atoms. The van der Waals surface area contributed by atoms with Gasteiger partial charge in [0.05, 0.1) is 0 Å². The van der Waals surface area contributed by atoms with Crippen LogP contribution in [0, 0.1) is 0 Å². The van der Waals surface area contributed by atoms with Gasteiger partial charge in [0.2, 0.25) is 0 Å². The van der Waals surface area contributed by atoms with Gasteiger partial charge in [0.1, 0.15) is 0 Å². The van der Waals surface area contributed by atoms with Gasteiger partial charge in [-0.15, -0.1) is 0 Å². The third kappa shape index (κ3) is 2.96. The molecular weight excluding hydrogens is 210 g/mol. The molecule has 0 saturated heterocycles. The van der Waals surface area contributed by atoms with Gasteiger partial charge < -0.3 is 4.90 Å². The van der Waals surface area contributed by atoms with Crippen LogP contribution in [0.5, 0.6) is 0 Å². The van der Waals surface area contributed by atoms with E-state index in [1.54, 1.807) is 6.08 Å². The van der Waals surface area contributed by atoms with Crippen molar-refractivity contribution in [3.63, 3.8) is 0 Å². The van der Waals surface area contributed by atoms with Crippen LogP contribution >= 0.6 is 0 Å². The zero-order chi connectivity index (χ0) is 13.0. The number of rotatable bonds is 4. The van der Waals surface area contributed by atoms with E-state index >= 15 is 0 Å². The average Bonchev–Trinajstić information content (AvgIpc) is 2.27. The van der Waals surface area contributed by atoms with Crippen molar-refractivity contribution in [2.45, 2.75) is 39.8 Å². The number of nitrogens with zero attached hydrogens (tertiary/aromatic N) is 1. The molecule has 0 aliphatic rings. The van der Waals surface area contributed by atoms with Crippen LogP contribution in [0.2, 0.25) is 0 Å². The quantitative estimate of drug-likeness (QED) is 0.775. The predicted octanol–water partition coefficient (Wildman–Crippen LogP) is 3.59. The molecule has 0 aliphatic heterocycles. The van der Waals surface area contributed by atoms with Crippen molar-refractivity contribution in [2.24, 2.45) is 0 Å². The molecule has 2 heteroatoms. The summed E-state index contributed by atoms with van der Waals surface area (Å²) in [6, 6.07) is 7.97. The molecule has 1 rings (SSSR count). The van der Waals surface area contributed by atoms with Crippen LogP contribution < -0.4 is 0 Å². The number of carbonyl (C=O) groups excluding carboxylic acids is 1. The fraction of sp³-hybridized carbons (Fsp3) is 0.400. The van der Waals surface area contributed by atoms with Crippen LogP contribution in [-0.4, -0.2) is 22.9 Å². The van der Waals surface area contributed by atoms with Gasteiger partial charge >= 0.3 is 0 Å². The maximum atomic E-state index is 12.5. The summed E-state index contributed by atoms with van der Waals surface area (Å²) >= 11 is 0. The highest BCUT2D eigenvalue weighted by atomic mass is 16.2. The number of amides is 1. The molecule has 0 aliphatic carbocycles. The number of hydrogen-bond donors (Lipinski definition) is 0. The minimum atomic E-state index is 0.0745. The van der Waals surface area contributed by atoms with E-state index in [9.17, 15) is 4.79 Å². The van der Waals surface area contributed by atoms with Crippen LogP contribution in [0.4, 0.5) is 0 Å². The molecule has 0 spiro atoms. The first-order valence-electron chi connectivity index (χ1n) is 6.03. The van der Waals surface area contributed by atoms with Crippen molar-refractivity contribution < 1.29 is 4.79 Å². The van der Waals surface area contributed by atoms with E-state index in [4.69, 9.17) is 0 Å². The van der Waals surface area contributed by atoms with Gasteiger partial charge in [-0.2, -0.15) is 0 Å². The fourth-order valence-corrected chi connectivity index (χ4v) is 2.07. The van der Waals surface area contributed by atoms with Crippen LogP contribution in [0.25, 0.3) is 6.08 Å². The molecule has 0 aromatic heterocycles. The van der Waals surface area contributed by atoms with E-state index in [0.717, 1.165) is 11.1 Å². The van der Waals surface area contributed by atoms with E-state index in [2.05, 4.69) is 6.58 Å². The predicted molar refractivity (Wildman–Crippen MR) is 73.0 cm³/mol. The minimum Gasteiger partial charge on any atom is -0.334 e. The summed E-state index contributed by atoms with van der Waals surface area (Å²) in [5.74, 6) is 0.0745. The van der Waals surface area contributed by atoms with E-state index in [1.165, 1.54) is 0 Å². The molecule has 0 fully saturated rings. The Hall–Kier alpha value is -1.57. The first-order valence-corrected chi connectivity index (χ1v) is 6.03. The van der Waals surface area contributed by atoms with E-state index < -0.39 is 0 Å². The first kappa shape index (κ1) is 13.5. The third-order valence-corrected chi connectivity index (χ3v) is 2.76. The second kappa shape index (κ2) is 5.67. The van der Waals surface area contributed by atoms with E-state index in [-0.39, 0.29) is 18.0 Å². The monoisotopic (exact) mass is 231 g/mol. The first-order chi connectivity index (χ1) is 7.99. The van der Waals surface area contributed by atoms with Crippen molar-refractivity contribution in [3.05, 3.63) is 42.0 Å². The standard InChI is InChI=1S/C15H21NO/c1-6-13-9-7-8-10-14(13)15(17)16(11(2)3)12(4)5/h6-12H,1H2,2-5H3. The van der Waals surface area contributed by atoms with Gasteiger partial charge in [-0.3, -0.25) is 4.79 Å². The van der Waals surface area contributed by atoms with Crippen LogP contribution in [0.15, 0.2) is 30.8 Å². The molecule has 2 nitrogen and oxygen atoms in total. The summed E-state index contributed by atoms with van der Waals surface area (Å²) in [7, 11) is 0. The lowest BCUT2D eigenvalue weighted by Crippen LogP contribution is -2.42. The molecule has 92 valence electrons. The highest BCUT2D eigenvalue weighted by molar-refractivity contribution is 5.98. The van der Waals surface area contributed by atoms with E-state index in [0.29, 0.717) is 0 Å². The second-order valence-corrected chi connectivity index (χ2v) is 4.69. The summed E-state index contributed by atoms with van der Waals surface area (Å²) < 4.78 is 0. The summed E-state index contributed by atoms with van der Waals surface area (Å²) in [4.78, 5) is 14.4. The zero-order valence-electron chi connectivity index (χ0n) is 11.1. The van der Waals surface area contributed by atoms with Crippen molar-refractivity contribution in [2.75, 3.05) is 0 Å². The molecule has 1 aromatic rings. The Bertz CT molecular complexity index is 399. The molecule has 0 atom stereocenters. The molecule has 0 unspecified atom stereocenters. The second-order valence-electron chi connectivity index (χ2n) is 4.69. The lowest BCUT2D eigenvalue weighted by atomic mass is 10.0. The lowest BCUT2D eigenvalue weighted by molar-refractivity contribution is 0.0643. The van der Waals surface area contributed by atoms with Gasteiger partial charge in [0, 0.05) is 17.6 Å². The largest absolute Gasteiger partial charge is 0.334 e. The Morgan fingerprint density at radius 2 is 1.71 bits per heavy atom. The molecule has 1 aromatic carbocycles. The number of carbonyl (C=O) groups is 1. The number of benzene rings is 1. The maximum absolute atomic E-state index is 12.5. The molecular formula is C15H21NO. The van der Waals surface area contributed by atoms with Gasteiger partial charge in [-0.1, -0.05) is 30.9 Å². The highest BCUT2D eigenvalue weighted by Crippen LogP contribution is 2.16. The Kier molecular flexibility index (Phi) is 4.50. The SMILES string of the molecule is C=Cc1ccccc1C(=O)N(C(C)C)C(C)C. The Morgan fingerprint density at radius 1 is 1.18 bits per heavy atom. The molecule has 0 saturated carbocycles. The van der Waals surface area contributed by atoms with Gasteiger partial charge in [0.25, 0.3) is 5.91 Å². The summed E-state index contributed by atoms with van der Waals surface area (Å²) in [6.07, 6.45) is 1.73. The average molecular weight is 231 g/mol. The molecule has 1 amide bonds. The number of hydrogen-bond acceptors (Lipinski definition) is 1. The summed E-state index contributed by atoms with van der Waals surface area (Å²) in [5, 5.41) is 0. The van der Waals surface area contributed by atoms with Gasteiger partial charge in [-0.25, -0.2) is 0 Å². The van der Waals surface area contributed by atoms with Crippen molar-refractivity contribution >= 4 is 12.0 Å². The van der Waals surface area contributed by atoms with Crippen LogP contribution in [0.3, 0.4) is 0 Å². The van der Waals surface area contributed by atoms with Crippen molar-refractivity contribution in [1.82, 2.24) is 4.90 Å². The fourth-order valence-electron chi connectivity index (χ4n) is 2.07. The summed E-state index contributed by atoms with van der Waals surface area (Å²) in [6.45, 7) is 11.9. The van der Waals surface area contributed by atoms with Crippen LogP contribution in [-0.2, 0) is 0 Å². The van der Waals surface area contributed by atoms with Crippen molar-refractivity contribution in [3.8, 4) is 0 Å². The molecule has 0 heterocycles. The lowest BCUT2D eigenvalue weighted by Gasteiger charge is -2.31. The smallest absolute Gasteiger partial charge is 0.254 e. The Morgan fingerprint density at radius 3 is 2.18 bits per heavy atom. The normalized spacial score (nSPS) is 10.7. The van der Waals surface area contributed by atoms with Gasteiger partial charge in [0.15, 0.2) is 0 Å². The Labute approximate surface area is 104 Å². The molecule has 0 radical (unpaired) electrons. The minimum absolute atomic E-state index is 0.0745. The van der Waals surface area contributed by atoms with Crippen LogP contribution in [0.1, 0.15) is 43.6 Å².